The van der Waals surface area contributed by atoms with Gasteiger partial charge in [0.2, 0.25) is 0 Å². The van der Waals surface area contributed by atoms with Crippen molar-refractivity contribution in [3.05, 3.63) is 0 Å². The van der Waals surface area contributed by atoms with Crippen LogP contribution in [0.1, 0.15) is 46.5 Å². The second-order valence-corrected chi connectivity index (χ2v) is 3.80. The summed E-state index contributed by atoms with van der Waals surface area (Å²) in [7, 11) is 0. The Morgan fingerprint density at radius 1 is 1.56 bits per heavy atom. The van der Waals surface area contributed by atoms with Gasteiger partial charge in [-0.3, -0.25) is 0 Å². The smallest absolute Gasteiger partial charge is 0.0303 e. The standard InChI is InChI=1S/C9H18/c1-4-9(3)7-5-6-8(9)2/h8H,4-7H2,1-3H3/t8-,9+/m0/s1. The maximum absolute atomic E-state index is 2.44. The van der Waals surface area contributed by atoms with Gasteiger partial charge >= 0.3 is 0 Å². The molecule has 0 radical (unpaired) electrons. The van der Waals surface area contributed by atoms with Gasteiger partial charge in [-0.05, 0) is 17.8 Å². The molecule has 0 aromatic heterocycles. The normalized spacial score (nSPS) is 43.7. The summed E-state index contributed by atoms with van der Waals surface area (Å²) in [5.41, 5.74) is 0.694. The van der Waals surface area contributed by atoms with E-state index in [-0.39, 0.29) is 0 Å². The molecule has 1 fully saturated rings. The lowest BCUT2D eigenvalue weighted by Crippen LogP contribution is -2.17. The summed E-state index contributed by atoms with van der Waals surface area (Å²) in [4.78, 5) is 0. The van der Waals surface area contributed by atoms with Crippen LogP contribution in [-0.2, 0) is 0 Å². The molecule has 0 spiro atoms. The highest BCUT2D eigenvalue weighted by atomic mass is 14.4. The summed E-state index contributed by atoms with van der Waals surface area (Å²) in [5.74, 6) is 0.975. The van der Waals surface area contributed by atoms with Crippen molar-refractivity contribution in [2.24, 2.45) is 11.3 Å². The minimum atomic E-state index is 0.694. The quantitative estimate of drug-likeness (QED) is 0.506. The molecule has 0 aromatic carbocycles. The minimum absolute atomic E-state index is 0.694. The molecule has 1 rings (SSSR count). The molecule has 0 aliphatic heterocycles. The molecule has 9 heavy (non-hydrogen) atoms. The van der Waals surface area contributed by atoms with Crippen molar-refractivity contribution in [1.82, 2.24) is 0 Å². The van der Waals surface area contributed by atoms with Crippen molar-refractivity contribution >= 4 is 0 Å². The Labute approximate surface area is 58.7 Å². The van der Waals surface area contributed by atoms with Crippen molar-refractivity contribution in [2.75, 3.05) is 0 Å². The Morgan fingerprint density at radius 3 is 2.44 bits per heavy atom. The van der Waals surface area contributed by atoms with Gasteiger partial charge in [0.05, 0.1) is 0 Å². The van der Waals surface area contributed by atoms with Gasteiger partial charge in [-0.15, -0.1) is 0 Å². The highest BCUT2D eigenvalue weighted by Crippen LogP contribution is 2.44. The van der Waals surface area contributed by atoms with Crippen LogP contribution in [0.3, 0.4) is 0 Å². The van der Waals surface area contributed by atoms with Gasteiger partial charge in [0, 0.05) is 0 Å². The molecule has 1 aliphatic rings. The minimum Gasteiger partial charge on any atom is -0.0649 e. The molecule has 0 heterocycles. The number of hydrogen-bond acceptors (Lipinski definition) is 0. The molecule has 1 saturated carbocycles. The third-order valence-electron chi connectivity index (χ3n) is 3.38. The number of hydrogen-bond donors (Lipinski definition) is 0. The topological polar surface area (TPSA) is 0 Å². The van der Waals surface area contributed by atoms with Gasteiger partial charge in [-0.2, -0.15) is 0 Å². The van der Waals surface area contributed by atoms with E-state index in [4.69, 9.17) is 0 Å². The Hall–Kier alpha value is 0. The molecule has 0 saturated heterocycles. The molecule has 0 aromatic rings. The Morgan fingerprint density at radius 2 is 2.22 bits per heavy atom. The first-order valence-corrected chi connectivity index (χ1v) is 4.19. The van der Waals surface area contributed by atoms with E-state index >= 15 is 0 Å². The summed E-state index contributed by atoms with van der Waals surface area (Å²) in [6, 6.07) is 0. The van der Waals surface area contributed by atoms with Gasteiger partial charge in [0.1, 0.15) is 0 Å². The Kier molecular flexibility index (Phi) is 1.83. The second-order valence-electron chi connectivity index (χ2n) is 3.80. The van der Waals surface area contributed by atoms with E-state index in [2.05, 4.69) is 20.8 Å². The van der Waals surface area contributed by atoms with Gasteiger partial charge in [-0.1, -0.05) is 40.0 Å². The van der Waals surface area contributed by atoms with Crippen molar-refractivity contribution in [1.29, 1.82) is 0 Å². The van der Waals surface area contributed by atoms with E-state index in [1.807, 2.05) is 0 Å². The summed E-state index contributed by atoms with van der Waals surface area (Å²) >= 11 is 0. The van der Waals surface area contributed by atoms with E-state index in [1.54, 1.807) is 0 Å². The van der Waals surface area contributed by atoms with E-state index in [9.17, 15) is 0 Å². The first-order chi connectivity index (χ1) is 4.19. The summed E-state index contributed by atoms with van der Waals surface area (Å²) in [6.07, 6.45) is 5.76. The van der Waals surface area contributed by atoms with Crippen molar-refractivity contribution in [2.45, 2.75) is 46.5 Å². The van der Waals surface area contributed by atoms with E-state index in [1.165, 1.54) is 25.7 Å². The molecular formula is C9H18. The highest BCUT2D eigenvalue weighted by Gasteiger charge is 2.33. The van der Waals surface area contributed by atoms with Gasteiger partial charge < -0.3 is 0 Å². The van der Waals surface area contributed by atoms with Crippen LogP contribution in [0.2, 0.25) is 0 Å². The zero-order chi connectivity index (χ0) is 6.91. The van der Waals surface area contributed by atoms with Crippen LogP contribution in [0.25, 0.3) is 0 Å². The molecule has 2 atom stereocenters. The van der Waals surface area contributed by atoms with E-state index < -0.39 is 0 Å². The van der Waals surface area contributed by atoms with Crippen LogP contribution < -0.4 is 0 Å². The fourth-order valence-electron chi connectivity index (χ4n) is 1.93. The lowest BCUT2D eigenvalue weighted by molar-refractivity contribution is 0.236. The largest absolute Gasteiger partial charge is 0.0649 e. The molecule has 54 valence electrons. The monoisotopic (exact) mass is 126 g/mol. The highest BCUT2D eigenvalue weighted by molar-refractivity contribution is 4.84. The predicted octanol–water partition coefficient (Wildman–Crippen LogP) is 3.22. The molecule has 1 aliphatic carbocycles. The van der Waals surface area contributed by atoms with Gasteiger partial charge in [0.15, 0.2) is 0 Å². The third-order valence-corrected chi connectivity index (χ3v) is 3.38. The van der Waals surface area contributed by atoms with Crippen LogP contribution >= 0.6 is 0 Å². The van der Waals surface area contributed by atoms with Crippen molar-refractivity contribution < 1.29 is 0 Å². The summed E-state index contributed by atoms with van der Waals surface area (Å²) < 4.78 is 0. The summed E-state index contributed by atoms with van der Waals surface area (Å²) in [6.45, 7) is 7.16. The average molecular weight is 126 g/mol. The number of rotatable bonds is 1. The van der Waals surface area contributed by atoms with Crippen LogP contribution in [0.15, 0.2) is 0 Å². The molecule has 0 heteroatoms. The molecule has 0 nitrogen and oxygen atoms in total. The molecule has 0 amide bonds. The maximum atomic E-state index is 2.44. The fourth-order valence-corrected chi connectivity index (χ4v) is 1.93. The van der Waals surface area contributed by atoms with Gasteiger partial charge in [0.25, 0.3) is 0 Å². The Bertz CT molecular complexity index is 96.2. The zero-order valence-corrected chi connectivity index (χ0v) is 6.91. The van der Waals surface area contributed by atoms with Crippen LogP contribution in [0.4, 0.5) is 0 Å². The molecule has 0 N–H and O–H groups in total. The molecule has 0 bridgehead atoms. The predicted molar refractivity (Wildman–Crippen MR) is 41.4 cm³/mol. The second kappa shape index (κ2) is 2.32. The van der Waals surface area contributed by atoms with E-state index in [0.717, 1.165) is 5.92 Å². The third kappa shape index (κ3) is 1.12. The average Bonchev–Trinajstić information content (AvgIpc) is 2.15. The van der Waals surface area contributed by atoms with E-state index in [0.29, 0.717) is 5.41 Å². The SMILES string of the molecule is CC[C@]1(C)CCC[C@@H]1C. The zero-order valence-electron chi connectivity index (χ0n) is 6.91. The van der Waals surface area contributed by atoms with Crippen molar-refractivity contribution in [3.8, 4) is 0 Å². The van der Waals surface area contributed by atoms with Crippen LogP contribution in [-0.4, -0.2) is 0 Å². The van der Waals surface area contributed by atoms with Crippen LogP contribution in [0.5, 0.6) is 0 Å². The fraction of sp³-hybridized carbons (Fsp3) is 1.00. The van der Waals surface area contributed by atoms with Gasteiger partial charge in [-0.25, -0.2) is 0 Å². The first kappa shape index (κ1) is 7.11. The Balaban J connectivity index is 2.56. The summed E-state index contributed by atoms with van der Waals surface area (Å²) in [5, 5.41) is 0. The lowest BCUT2D eigenvalue weighted by atomic mass is 9.79. The first-order valence-electron chi connectivity index (χ1n) is 4.19. The molecule has 0 unspecified atom stereocenters. The lowest BCUT2D eigenvalue weighted by Gasteiger charge is -2.27. The van der Waals surface area contributed by atoms with Crippen LogP contribution in [0, 0.1) is 11.3 Å². The van der Waals surface area contributed by atoms with Crippen molar-refractivity contribution in [3.63, 3.8) is 0 Å². The molecular weight excluding hydrogens is 108 g/mol. The maximum Gasteiger partial charge on any atom is -0.0303 e.